The van der Waals surface area contributed by atoms with Gasteiger partial charge in [0.1, 0.15) is 5.82 Å². The number of hydrogen-bond acceptors (Lipinski definition) is 4. The van der Waals surface area contributed by atoms with Gasteiger partial charge in [0.2, 0.25) is 5.95 Å². The van der Waals surface area contributed by atoms with Crippen molar-refractivity contribution in [1.82, 2.24) is 19.5 Å². The second kappa shape index (κ2) is 6.89. The first-order valence-corrected chi connectivity index (χ1v) is 8.95. The quantitative estimate of drug-likeness (QED) is 0.556. The molecule has 0 bridgehead atoms. The Hall–Kier alpha value is -3.12. The summed E-state index contributed by atoms with van der Waals surface area (Å²) in [5.41, 5.74) is 2.27. The molecule has 4 rings (SSSR count). The van der Waals surface area contributed by atoms with Crippen LogP contribution in [0.25, 0.3) is 16.7 Å². The van der Waals surface area contributed by atoms with Crippen LogP contribution in [0.15, 0.2) is 59.7 Å². The Morgan fingerprint density at radius 1 is 1.22 bits per heavy atom. The topological polar surface area (TPSA) is 75.6 Å². The van der Waals surface area contributed by atoms with E-state index in [1.54, 1.807) is 18.3 Å². The van der Waals surface area contributed by atoms with E-state index in [1.165, 1.54) is 0 Å². The largest absolute Gasteiger partial charge is 0.347 e. The van der Waals surface area contributed by atoms with E-state index >= 15 is 0 Å². The molecule has 0 saturated heterocycles. The molecule has 0 spiro atoms. The first kappa shape index (κ1) is 17.3. The van der Waals surface area contributed by atoms with Gasteiger partial charge in [-0.1, -0.05) is 11.6 Å². The number of rotatable bonds is 4. The second-order valence-corrected chi connectivity index (χ2v) is 6.85. The summed E-state index contributed by atoms with van der Waals surface area (Å²) in [7, 11) is 0. The molecule has 1 unspecified atom stereocenters. The van der Waals surface area contributed by atoms with E-state index in [9.17, 15) is 4.79 Å². The van der Waals surface area contributed by atoms with Gasteiger partial charge >= 0.3 is 0 Å². The van der Waals surface area contributed by atoms with E-state index in [0.29, 0.717) is 16.5 Å². The number of anilines is 1. The van der Waals surface area contributed by atoms with Crippen molar-refractivity contribution in [3.05, 3.63) is 81.5 Å². The fourth-order valence-electron chi connectivity index (χ4n) is 3.06. The van der Waals surface area contributed by atoms with Crippen LogP contribution in [0.1, 0.15) is 24.2 Å². The van der Waals surface area contributed by atoms with Crippen LogP contribution in [0, 0.1) is 6.92 Å². The second-order valence-electron chi connectivity index (χ2n) is 6.41. The Kier molecular flexibility index (Phi) is 4.41. The molecule has 1 aromatic carbocycles. The summed E-state index contributed by atoms with van der Waals surface area (Å²) >= 11 is 6.07. The lowest BCUT2D eigenvalue weighted by molar-refractivity contribution is 0.837. The predicted molar refractivity (Wildman–Crippen MR) is 108 cm³/mol. The molecular formula is C20H18ClN5O. The molecule has 136 valence electrons. The summed E-state index contributed by atoms with van der Waals surface area (Å²) < 4.78 is 1.97. The molecule has 3 heterocycles. The van der Waals surface area contributed by atoms with E-state index in [4.69, 9.17) is 11.6 Å². The van der Waals surface area contributed by atoms with Crippen molar-refractivity contribution in [3.8, 4) is 5.82 Å². The highest BCUT2D eigenvalue weighted by Gasteiger charge is 2.13. The van der Waals surface area contributed by atoms with Crippen LogP contribution < -0.4 is 10.9 Å². The highest BCUT2D eigenvalue weighted by atomic mass is 35.5. The van der Waals surface area contributed by atoms with Crippen LogP contribution in [0.2, 0.25) is 5.02 Å². The van der Waals surface area contributed by atoms with Crippen molar-refractivity contribution in [2.24, 2.45) is 0 Å². The van der Waals surface area contributed by atoms with Crippen molar-refractivity contribution < 1.29 is 0 Å². The number of benzene rings is 1. The molecule has 27 heavy (non-hydrogen) atoms. The fraction of sp³-hybridized carbons (Fsp3) is 0.150. The molecule has 6 nitrogen and oxygen atoms in total. The van der Waals surface area contributed by atoms with E-state index < -0.39 is 0 Å². The Balaban J connectivity index is 1.65. The molecule has 1 atom stereocenters. The molecule has 0 amide bonds. The van der Waals surface area contributed by atoms with Crippen LogP contribution in [-0.2, 0) is 0 Å². The molecule has 4 aromatic rings. The zero-order valence-electron chi connectivity index (χ0n) is 14.9. The normalized spacial score (nSPS) is 12.3. The molecule has 0 saturated carbocycles. The number of aryl methyl sites for hydroxylation is 1. The van der Waals surface area contributed by atoms with Gasteiger partial charge < -0.3 is 14.9 Å². The Labute approximate surface area is 160 Å². The smallest absolute Gasteiger partial charge is 0.253 e. The van der Waals surface area contributed by atoms with Crippen molar-refractivity contribution in [2.75, 3.05) is 5.32 Å². The third-order valence-corrected chi connectivity index (χ3v) is 4.72. The standard InChI is InChI=1S/C20H18ClN5O/c1-12-4-3-9-26(12)18-7-8-22-20(25-18)23-13(2)16-11-14-10-15(21)5-6-17(14)24-19(16)27/h3-11,13H,1-2H3,(H,24,27)(H,22,23,25). The number of H-pyrrole nitrogens is 1. The van der Waals surface area contributed by atoms with Crippen LogP contribution in [0.5, 0.6) is 0 Å². The maximum Gasteiger partial charge on any atom is 0.253 e. The van der Waals surface area contributed by atoms with Crippen molar-refractivity contribution in [3.63, 3.8) is 0 Å². The summed E-state index contributed by atoms with van der Waals surface area (Å²) in [6.45, 7) is 3.91. The Bertz CT molecular complexity index is 1180. The molecule has 0 aliphatic rings. The molecule has 7 heteroatoms. The van der Waals surface area contributed by atoms with E-state index in [2.05, 4.69) is 20.3 Å². The lowest BCUT2D eigenvalue weighted by Gasteiger charge is -2.15. The minimum Gasteiger partial charge on any atom is -0.347 e. The highest BCUT2D eigenvalue weighted by molar-refractivity contribution is 6.31. The average molecular weight is 380 g/mol. The van der Waals surface area contributed by atoms with Crippen LogP contribution in [0.4, 0.5) is 5.95 Å². The van der Waals surface area contributed by atoms with Crippen molar-refractivity contribution >= 4 is 28.5 Å². The fourth-order valence-corrected chi connectivity index (χ4v) is 3.24. The maximum atomic E-state index is 12.5. The Morgan fingerprint density at radius 2 is 2.07 bits per heavy atom. The van der Waals surface area contributed by atoms with Gasteiger partial charge in [0.05, 0.1) is 6.04 Å². The number of nitrogens with one attached hydrogen (secondary N) is 2. The maximum absolute atomic E-state index is 12.5. The van der Waals surface area contributed by atoms with Gasteiger partial charge in [-0.3, -0.25) is 4.79 Å². The molecule has 0 fully saturated rings. The third kappa shape index (κ3) is 3.44. The van der Waals surface area contributed by atoms with E-state index in [0.717, 1.165) is 22.4 Å². The number of nitrogens with zero attached hydrogens (tertiary/aromatic N) is 3. The summed E-state index contributed by atoms with van der Waals surface area (Å²) in [5, 5.41) is 4.71. The number of aromatic nitrogens is 4. The lowest BCUT2D eigenvalue weighted by atomic mass is 10.1. The average Bonchev–Trinajstić information content (AvgIpc) is 3.07. The summed E-state index contributed by atoms with van der Waals surface area (Å²) in [6.07, 6.45) is 3.64. The van der Waals surface area contributed by atoms with Crippen LogP contribution in [-0.4, -0.2) is 19.5 Å². The predicted octanol–water partition coefficient (Wildman–Crippen LogP) is 4.24. The van der Waals surface area contributed by atoms with E-state index in [1.807, 2.05) is 54.9 Å². The molecule has 0 aliphatic carbocycles. The van der Waals surface area contributed by atoms with Crippen molar-refractivity contribution in [1.29, 1.82) is 0 Å². The first-order chi connectivity index (χ1) is 13.0. The number of pyridine rings is 1. The summed E-state index contributed by atoms with van der Waals surface area (Å²) in [6, 6.07) is 12.8. The molecule has 0 radical (unpaired) electrons. The summed E-state index contributed by atoms with van der Waals surface area (Å²) in [5.74, 6) is 1.22. The van der Waals surface area contributed by atoms with Gasteiger partial charge in [-0.2, -0.15) is 4.98 Å². The van der Waals surface area contributed by atoms with Gasteiger partial charge in [0.15, 0.2) is 0 Å². The molecule has 0 aliphatic heterocycles. The van der Waals surface area contributed by atoms with Gasteiger partial charge in [-0.25, -0.2) is 4.98 Å². The SMILES string of the molecule is Cc1cccn1-c1ccnc(NC(C)c2cc3cc(Cl)ccc3[nH]c2=O)n1. The van der Waals surface area contributed by atoms with E-state index in [-0.39, 0.29) is 11.6 Å². The number of hydrogen-bond donors (Lipinski definition) is 2. The monoisotopic (exact) mass is 379 g/mol. The minimum absolute atomic E-state index is 0.151. The first-order valence-electron chi connectivity index (χ1n) is 8.57. The zero-order chi connectivity index (χ0) is 19.0. The lowest BCUT2D eigenvalue weighted by Crippen LogP contribution is -2.20. The van der Waals surface area contributed by atoms with Crippen LogP contribution in [0.3, 0.4) is 0 Å². The van der Waals surface area contributed by atoms with Gasteiger partial charge in [0.25, 0.3) is 5.56 Å². The highest BCUT2D eigenvalue weighted by Crippen LogP contribution is 2.21. The molecular weight excluding hydrogens is 362 g/mol. The van der Waals surface area contributed by atoms with Gasteiger partial charge in [-0.15, -0.1) is 0 Å². The molecule has 2 N–H and O–H groups in total. The number of halogens is 1. The third-order valence-electron chi connectivity index (χ3n) is 4.49. The summed E-state index contributed by atoms with van der Waals surface area (Å²) in [4.78, 5) is 24.2. The zero-order valence-corrected chi connectivity index (χ0v) is 15.7. The van der Waals surface area contributed by atoms with Crippen molar-refractivity contribution in [2.45, 2.75) is 19.9 Å². The van der Waals surface area contributed by atoms with Crippen LogP contribution >= 0.6 is 11.6 Å². The molecule has 3 aromatic heterocycles. The van der Waals surface area contributed by atoms with Gasteiger partial charge in [0, 0.05) is 39.6 Å². The number of fused-ring (bicyclic) bond motifs is 1. The Morgan fingerprint density at radius 3 is 2.85 bits per heavy atom. The number of aromatic amines is 1. The minimum atomic E-state index is -0.279. The van der Waals surface area contributed by atoms with Gasteiger partial charge in [-0.05, 0) is 56.3 Å².